The molecule has 2 unspecified atom stereocenters. The van der Waals surface area contributed by atoms with E-state index in [9.17, 15) is 8.42 Å². The Morgan fingerprint density at radius 1 is 0.775 bits per heavy atom. The first kappa shape index (κ1) is 27.4. The Morgan fingerprint density at radius 2 is 1.57 bits per heavy atom. The van der Waals surface area contributed by atoms with Crippen LogP contribution in [0, 0.1) is 0 Å². The zero-order valence-electron chi connectivity index (χ0n) is 23.4. The zero-order valence-corrected chi connectivity index (χ0v) is 24.2. The molecule has 3 fully saturated rings. The van der Waals surface area contributed by atoms with Crippen LogP contribution in [0.2, 0.25) is 0 Å². The number of fused-ring (bicyclic) bond motifs is 1. The van der Waals surface area contributed by atoms with Crippen molar-refractivity contribution in [1.29, 1.82) is 0 Å². The summed E-state index contributed by atoms with van der Waals surface area (Å²) in [5, 5.41) is 5.66. The Labute approximate surface area is 238 Å². The number of nitrogens with zero attached hydrogens (tertiary/aromatic N) is 5. The number of benzene rings is 2. The first-order valence-electron chi connectivity index (χ1n) is 15.1. The molecule has 6 rings (SSSR count). The molecule has 4 heterocycles. The van der Waals surface area contributed by atoms with Gasteiger partial charge in [0, 0.05) is 51.0 Å². The largest absolute Gasteiger partial charge is 0.356 e. The highest BCUT2D eigenvalue weighted by Gasteiger charge is 2.34. The summed E-state index contributed by atoms with van der Waals surface area (Å²) in [5.41, 5.74) is 0. The van der Waals surface area contributed by atoms with E-state index in [1.54, 1.807) is 10.4 Å². The van der Waals surface area contributed by atoms with Gasteiger partial charge in [-0.1, -0.05) is 49.6 Å². The molecule has 3 aliphatic heterocycles. The summed E-state index contributed by atoms with van der Waals surface area (Å²) in [5.74, 6) is 1.73. The van der Waals surface area contributed by atoms with Crippen LogP contribution in [0.25, 0.3) is 10.8 Å². The molecule has 2 aromatic carbocycles. The standard InChI is InChI=1S/C31H42N6O2S/c38-40(39,29-15-14-25-10-3-4-11-26(25)22-29)37-21-9-13-28(24-37)36-20-8-5-12-27(23-36)33-31-32-17-16-30(34-31)35-18-6-1-2-7-19-35/h3-4,10-11,14-17,22,27-28H,1-2,5-9,12-13,18-21,23-24H2,(H,32,33,34). The van der Waals surface area contributed by atoms with Gasteiger partial charge < -0.3 is 10.2 Å². The summed E-state index contributed by atoms with van der Waals surface area (Å²) in [7, 11) is -3.55. The van der Waals surface area contributed by atoms with Crippen LogP contribution in [0.1, 0.15) is 57.8 Å². The number of rotatable bonds is 6. The molecule has 2 atom stereocenters. The minimum atomic E-state index is -3.55. The second-order valence-corrected chi connectivity index (χ2v) is 13.6. The molecule has 3 aliphatic rings. The van der Waals surface area contributed by atoms with Gasteiger partial charge in [0.1, 0.15) is 5.82 Å². The SMILES string of the molecule is O=S(=O)(c1ccc2ccccc2c1)N1CCCC(N2CCCCC(Nc3nccc(N4CCCCCC4)n3)C2)C1. The molecule has 40 heavy (non-hydrogen) atoms. The molecule has 1 N–H and O–H groups in total. The number of anilines is 2. The fraction of sp³-hybridized carbons (Fsp3) is 0.548. The summed E-state index contributed by atoms with van der Waals surface area (Å²) in [4.78, 5) is 14.8. The van der Waals surface area contributed by atoms with Crippen molar-refractivity contribution in [3.05, 3.63) is 54.7 Å². The third-order valence-corrected chi connectivity index (χ3v) is 10.7. The Morgan fingerprint density at radius 3 is 2.42 bits per heavy atom. The highest BCUT2D eigenvalue weighted by molar-refractivity contribution is 7.89. The van der Waals surface area contributed by atoms with Gasteiger partial charge in [0.2, 0.25) is 16.0 Å². The molecular weight excluding hydrogens is 520 g/mol. The molecule has 3 saturated heterocycles. The fourth-order valence-corrected chi connectivity index (χ4v) is 8.16. The van der Waals surface area contributed by atoms with E-state index in [1.807, 2.05) is 48.7 Å². The van der Waals surface area contributed by atoms with Crippen molar-refractivity contribution in [3.63, 3.8) is 0 Å². The van der Waals surface area contributed by atoms with Crippen molar-refractivity contribution in [1.82, 2.24) is 19.2 Å². The van der Waals surface area contributed by atoms with Crippen LogP contribution < -0.4 is 10.2 Å². The van der Waals surface area contributed by atoms with E-state index in [0.717, 1.165) is 74.9 Å². The van der Waals surface area contributed by atoms with Crippen LogP contribution >= 0.6 is 0 Å². The Bertz CT molecular complexity index is 1390. The number of hydrogen-bond acceptors (Lipinski definition) is 7. The topological polar surface area (TPSA) is 81.7 Å². The lowest BCUT2D eigenvalue weighted by Gasteiger charge is -2.39. The summed E-state index contributed by atoms with van der Waals surface area (Å²) in [6, 6.07) is 15.9. The Hall–Kier alpha value is -2.75. The Balaban J connectivity index is 1.13. The maximum Gasteiger partial charge on any atom is 0.243 e. The highest BCUT2D eigenvalue weighted by atomic mass is 32.2. The van der Waals surface area contributed by atoms with Gasteiger partial charge in [-0.2, -0.15) is 9.29 Å². The van der Waals surface area contributed by atoms with E-state index < -0.39 is 10.0 Å². The van der Waals surface area contributed by atoms with Crippen molar-refractivity contribution in [3.8, 4) is 0 Å². The molecule has 0 amide bonds. The lowest BCUT2D eigenvalue weighted by Crippen LogP contribution is -2.51. The molecule has 0 radical (unpaired) electrons. The van der Waals surface area contributed by atoms with Crippen LogP contribution in [0.4, 0.5) is 11.8 Å². The predicted molar refractivity (Wildman–Crippen MR) is 161 cm³/mol. The summed E-state index contributed by atoms with van der Waals surface area (Å²) < 4.78 is 29.1. The molecule has 0 saturated carbocycles. The smallest absolute Gasteiger partial charge is 0.243 e. The average Bonchev–Trinajstić information content (AvgIpc) is 3.41. The monoisotopic (exact) mass is 562 g/mol. The van der Waals surface area contributed by atoms with Crippen LogP contribution in [-0.2, 0) is 10.0 Å². The van der Waals surface area contributed by atoms with Crippen molar-refractivity contribution in [2.24, 2.45) is 0 Å². The van der Waals surface area contributed by atoms with E-state index in [0.29, 0.717) is 23.9 Å². The minimum Gasteiger partial charge on any atom is -0.356 e. The molecule has 8 nitrogen and oxygen atoms in total. The summed E-state index contributed by atoms with van der Waals surface area (Å²) in [6.45, 7) is 5.14. The van der Waals surface area contributed by atoms with E-state index in [-0.39, 0.29) is 12.1 Å². The number of sulfonamides is 1. The van der Waals surface area contributed by atoms with Gasteiger partial charge in [-0.25, -0.2) is 13.4 Å². The van der Waals surface area contributed by atoms with Gasteiger partial charge in [0.05, 0.1) is 4.90 Å². The van der Waals surface area contributed by atoms with Crippen molar-refractivity contribution in [2.45, 2.75) is 74.8 Å². The quantitative estimate of drug-likeness (QED) is 0.446. The molecular formula is C31H42N6O2S. The van der Waals surface area contributed by atoms with Crippen molar-refractivity contribution in [2.75, 3.05) is 49.5 Å². The second kappa shape index (κ2) is 12.4. The minimum absolute atomic E-state index is 0.218. The average molecular weight is 563 g/mol. The molecule has 3 aromatic rings. The maximum atomic E-state index is 13.7. The molecule has 214 valence electrons. The first-order valence-corrected chi connectivity index (χ1v) is 16.6. The van der Waals surface area contributed by atoms with Crippen molar-refractivity contribution < 1.29 is 8.42 Å². The first-order chi connectivity index (χ1) is 19.6. The maximum absolute atomic E-state index is 13.7. The number of piperidine rings is 1. The highest BCUT2D eigenvalue weighted by Crippen LogP contribution is 2.28. The molecule has 1 aromatic heterocycles. The second-order valence-electron chi connectivity index (χ2n) is 11.6. The normalized spacial score (nSPS) is 23.9. The lowest BCUT2D eigenvalue weighted by atomic mass is 10.1. The van der Waals surface area contributed by atoms with Crippen LogP contribution in [0.5, 0.6) is 0 Å². The van der Waals surface area contributed by atoms with Gasteiger partial charge in [0.15, 0.2) is 0 Å². The van der Waals surface area contributed by atoms with Gasteiger partial charge in [-0.15, -0.1) is 0 Å². The van der Waals surface area contributed by atoms with Gasteiger partial charge in [-0.3, -0.25) is 4.90 Å². The van der Waals surface area contributed by atoms with Gasteiger partial charge in [-0.05, 0) is 74.0 Å². The Kier molecular flexibility index (Phi) is 8.51. The van der Waals surface area contributed by atoms with Crippen molar-refractivity contribution >= 4 is 32.6 Å². The number of nitrogens with one attached hydrogen (secondary N) is 1. The van der Waals surface area contributed by atoms with E-state index >= 15 is 0 Å². The van der Waals surface area contributed by atoms with Crippen LogP contribution in [-0.4, -0.2) is 78.9 Å². The number of hydrogen-bond donors (Lipinski definition) is 1. The van der Waals surface area contributed by atoms with E-state index in [2.05, 4.69) is 20.1 Å². The predicted octanol–water partition coefficient (Wildman–Crippen LogP) is 5.13. The van der Waals surface area contributed by atoms with Crippen LogP contribution in [0.15, 0.2) is 59.6 Å². The third kappa shape index (κ3) is 6.26. The molecule has 0 aliphatic carbocycles. The zero-order chi connectivity index (χ0) is 27.4. The number of aromatic nitrogens is 2. The van der Waals surface area contributed by atoms with E-state index in [1.165, 1.54) is 25.7 Å². The van der Waals surface area contributed by atoms with Gasteiger partial charge >= 0.3 is 0 Å². The summed E-state index contributed by atoms with van der Waals surface area (Å²) in [6.07, 6.45) is 12.2. The van der Waals surface area contributed by atoms with Crippen LogP contribution in [0.3, 0.4) is 0 Å². The summed E-state index contributed by atoms with van der Waals surface area (Å²) >= 11 is 0. The molecule has 9 heteroatoms. The number of likely N-dealkylation sites (tertiary alicyclic amines) is 1. The molecule has 0 spiro atoms. The lowest BCUT2D eigenvalue weighted by molar-refractivity contribution is 0.136. The van der Waals surface area contributed by atoms with Gasteiger partial charge in [0.25, 0.3) is 0 Å². The molecule has 0 bridgehead atoms. The fourth-order valence-electron chi connectivity index (χ4n) is 6.61. The third-order valence-electron chi connectivity index (χ3n) is 8.84. The van der Waals surface area contributed by atoms with E-state index in [4.69, 9.17) is 4.98 Å².